The summed E-state index contributed by atoms with van der Waals surface area (Å²) in [5, 5.41) is 7.89. The minimum absolute atomic E-state index is 0. The van der Waals surface area contributed by atoms with Crippen molar-refractivity contribution in [1.82, 2.24) is 6.15 Å². The Labute approximate surface area is 23.0 Å². The highest BCUT2D eigenvalue weighted by Gasteiger charge is 1.18. The predicted octanol–water partition coefficient (Wildman–Crippen LogP) is -0.339. The third-order valence-corrected chi connectivity index (χ3v) is 0. The topological polar surface area (TPSA) is 80.2 Å². The largest absolute Gasteiger partial charge is 0.379 e. The van der Waals surface area contributed by atoms with Gasteiger partial charge in [0, 0.05) is 6.15 Å². The molecule has 0 aromatic rings. The molecule has 4 heteroatoms. The maximum absolute atomic E-state index is 8.11. The van der Waals surface area contributed by atoms with E-state index in [4.69, 9.17) is 10.1 Å². The Morgan fingerprint density at radius 3 is 1.75 bits per heavy atom. The van der Waals surface area contributed by atoms with Crippen LogP contribution in [0, 0.1) is 4.91 Å². The SMILES string of the molecule is O=NO.[N]. The molecule has 4 nitrogen and oxygen atoms in total. The predicted molar refractivity (Wildman–Crippen MR) is 9.72 cm³/mol. The smallest absolute Gasteiger partial charge is 0.152 e. The Bertz CT molecular complexity index is 11.5. The molecular formula is HN2O2. The summed E-state index contributed by atoms with van der Waals surface area (Å²) in [7, 11) is 0. The molecule has 0 spiro atoms. The first-order chi connectivity index (χ1) is 1.41. The molecular weight excluding hydrogens is 60.0 g/mol. The van der Waals surface area contributed by atoms with Crippen molar-refractivity contribution in [2.45, 2.75) is 0 Å². The third kappa shape index (κ3) is 0.430. The van der Waals surface area contributed by atoms with Crippen molar-refractivity contribution < 1.29 is 5.21 Å². The van der Waals surface area contributed by atoms with E-state index >= 15 is 0 Å². The van der Waals surface area contributed by atoms with Crippen molar-refractivity contribution in [1.29, 1.82) is 0 Å². The van der Waals surface area contributed by atoms with Gasteiger partial charge in [0.05, 0.1) is 0 Å². The van der Waals surface area contributed by atoms with Crippen LogP contribution >= 0.6 is 0 Å². The fourth-order valence-corrected chi connectivity index (χ4v) is 0. The third-order valence-electron chi connectivity index (χ3n) is 0. The van der Waals surface area contributed by atoms with Crippen LogP contribution in [0.5, 0.6) is 0 Å². The van der Waals surface area contributed by atoms with Gasteiger partial charge in [-0.25, -0.2) is 0 Å². The standard InChI is InChI=1S/HNO2.N/c2-1-3;/h(H,2,3);. The number of rotatable bonds is 0. The molecule has 0 unspecified atom stereocenters. The lowest BCUT2D eigenvalue weighted by Gasteiger charge is -1.32. The molecule has 0 fully saturated rings. The quantitative estimate of drug-likeness (QED) is 0.307. The normalized spacial score (nSPS) is 3.00. The second-order valence-corrected chi connectivity index (χ2v) is 0.0816. The molecule has 0 aromatic carbocycles. The van der Waals surface area contributed by atoms with E-state index in [0.717, 1.165) is 0 Å². The van der Waals surface area contributed by atoms with Crippen molar-refractivity contribution in [3.05, 3.63) is 4.91 Å². The van der Waals surface area contributed by atoms with Gasteiger partial charge in [-0.1, -0.05) is 0 Å². The van der Waals surface area contributed by atoms with Crippen LogP contribution in [0.1, 0.15) is 0 Å². The summed E-state index contributed by atoms with van der Waals surface area (Å²) in [6.45, 7) is 0. The van der Waals surface area contributed by atoms with Gasteiger partial charge >= 0.3 is 0 Å². The van der Waals surface area contributed by atoms with Gasteiger partial charge in [0.1, 0.15) is 0 Å². The van der Waals surface area contributed by atoms with Crippen molar-refractivity contribution in [3.63, 3.8) is 0 Å². The highest BCUT2D eigenvalue weighted by atomic mass is 16.6. The second kappa shape index (κ2) is 33.7. The zero-order valence-electron chi connectivity index (χ0n) is 1.75. The maximum atomic E-state index is 8.11. The van der Waals surface area contributed by atoms with E-state index < -0.39 is 0 Å². The lowest BCUT2D eigenvalue weighted by Crippen LogP contribution is -1.25. The average Bonchev–Trinajstić information content (AvgIpc) is 0.918. The minimum Gasteiger partial charge on any atom is -0.379 e. The molecule has 0 rings (SSSR count). The Balaban J connectivity index is 0. The Morgan fingerprint density at radius 1 is 1.75 bits per heavy atom. The van der Waals surface area contributed by atoms with Crippen LogP contribution < -0.4 is 6.15 Å². The van der Waals surface area contributed by atoms with Gasteiger partial charge in [0.25, 0.3) is 0 Å². The molecule has 1 N–H and O–H groups in total. The van der Waals surface area contributed by atoms with Crippen LogP contribution in [-0.4, -0.2) is 5.21 Å². The fourth-order valence-electron chi connectivity index (χ4n) is 0. The molecule has 23 valence electrons. The summed E-state index contributed by atoms with van der Waals surface area (Å²) >= 11 is 0. The van der Waals surface area contributed by atoms with Crippen LogP contribution in [0.25, 0.3) is 0 Å². The van der Waals surface area contributed by atoms with E-state index in [1.807, 2.05) is 0 Å². The molecule has 0 bridgehead atoms. The first-order valence-electron chi connectivity index (χ1n) is 0.383. The van der Waals surface area contributed by atoms with Crippen molar-refractivity contribution in [2.75, 3.05) is 0 Å². The van der Waals surface area contributed by atoms with E-state index in [1.54, 1.807) is 0 Å². The highest BCUT2D eigenvalue weighted by molar-refractivity contribution is 3.83. The van der Waals surface area contributed by atoms with Crippen LogP contribution in [-0.2, 0) is 0 Å². The lowest BCUT2D eigenvalue weighted by atomic mass is 13.4. The molecule has 4 heavy (non-hydrogen) atoms. The van der Waals surface area contributed by atoms with E-state index in [-0.39, 0.29) is 6.15 Å². The molecule has 0 aliphatic rings. The molecule has 0 saturated heterocycles. The Hall–Kier alpha value is -0.640. The zero-order chi connectivity index (χ0) is 2.71. The fraction of sp³-hybridized carbons (Fsp3) is 0. The van der Waals surface area contributed by atoms with E-state index in [2.05, 4.69) is 0 Å². The van der Waals surface area contributed by atoms with Crippen LogP contribution in [0.4, 0.5) is 0 Å². The van der Waals surface area contributed by atoms with E-state index in [0.29, 0.717) is 0 Å². The van der Waals surface area contributed by atoms with Gasteiger partial charge in [-0.3, -0.25) is 0 Å². The summed E-state index contributed by atoms with van der Waals surface area (Å²) in [5.74, 6) is 0. The van der Waals surface area contributed by atoms with Gasteiger partial charge in [-0.05, 0) is 0 Å². The average molecular weight is 61.0 g/mol. The molecule has 0 aliphatic carbocycles. The van der Waals surface area contributed by atoms with Gasteiger partial charge in [0.2, 0.25) is 0 Å². The first kappa shape index (κ1) is 10.1. The van der Waals surface area contributed by atoms with E-state index in [1.165, 1.54) is 5.34 Å². The monoisotopic (exact) mass is 61.0 g/mol. The minimum atomic E-state index is 0. The maximum Gasteiger partial charge on any atom is 0.152 e. The van der Waals surface area contributed by atoms with Crippen molar-refractivity contribution in [2.24, 2.45) is 5.34 Å². The molecule has 0 saturated carbocycles. The second-order valence-electron chi connectivity index (χ2n) is 0.0816. The van der Waals surface area contributed by atoms with Gasteiger partial charge in [-0.2, -0.15) is 0 Å². The molecule has 0 aliphatic heterocycles. The van der Waals surface area contributed by atoms with E-state index in [9.17, 15) is 0 Å². The number of hydrogen-bond acceptors (Lipinski definition) is 2. The van der Waals surface area contributed by atoms with Crippen LogP contribution in [0.2, 0.25) is 0 Å². The molecule has 3 radical (unpaired) electrons. The molecule has 0 atom stereocenters. The summed E-state index contributed by atoms with van der Waals surface area (Å²) in [6, 6.07) is 0. The highest BCUT2D eigenvalue weighted by Crippen LogP contribution is 1.25. The summed E-state index contributed by atoms with van der Waals surface area (Å²) < 4.78 is 0. The Kier molecular flexibility index (Phi) is 85.2. The molecule has 0 heterocycles. The summed E-state index contributed by atoms with van der Waals surface area (Å²) in [5.41, 5.74) is 0. The lowest BCUT2D eigenvalue weighted by molar-refractivity contribution is 0.312. The number of hydrogen-bond donors (Lipinski definition) is 1. The first-order valence-corrected chi connectivity index (χ1v) is 0.383. The van der Waals surface area contributed by atoms with Gasteiger partial charge in [-0.15, -0.1) is 4.91 Å². The summed E-state index contributed by atoms with van der Waals surface area (Å²) in [4.78, 5) is 8.11. The van der Waals surface area contributed by atoms with Crippen LogP contribution in [0.15, 0.2) is 5.34 Å². The molecule has 0 aromatic heterocycles. The van der Waals surface area contributed by atoms with Gasteiger partial charge in [0.15, 0.2) is 5.34 Å². The zero-order valence-corrected chi connectivity index (χ0v) is 1.75. The number of nitrogens with zero attached hydrogens (tertiary/aromatic N) is 2. The van der Waals surface area contributed by atoms with Crippen LogP contribution in [0.3, 0.4) is 0 Å². The Morgan fingerprint density at radius 2 is 1.75 bits per heavy atom. The van der Waals surface area contributed by atoms with Crippen molar-refractivity contribution in [3.8, 4) is 0 Å². The summed E-state index contributed by atoms with van der Waals surface area (Å²) in [6.07, 6.45) is 0. The van der Waals surface area contributed by atoms with Crippen molar-refractivity contribution >= 4 is 0 Å². The van der Waals surface area contributed by atoms with Gasteiger partial charge < -0.3 is 5.21 Å². The molecule has 0 amide bonds.